The van der Waals surface area contributed by atoms with Crippen LogP contribution in [0.3, 0.4) is 0 Å². The minimum Gasteiger partial charge on any atom is -0.506 e. The number of halogens is 5. The van der Waals surface area contributed by atoms with Crippen LogP contribution >= 0.6 is 33.9 Å². The topological polar surface area (TPSA) is 96.5 Å². The Balaban J connectivity index is 1.50. The molecule has 210 valence electrons. The molecule has 4 aromatic rings. The van der Waals surface area contributed by atoms with Crippen LogP contribution in [-0.4, -0.2) is 58.2 Å². The summed E-state index contributed by atoms with van der Waals surface area (Å²) in [5.41, 5.74) is 6.71. The van der Waals surface area contributed by atoms with E-state index >= 15 is 4.39 Å². The second kappa shape index (κ2) is 10.2. The maximum absolute atomic E-state index is 16.4. The van der Waals surface area contributed by atoms with Crippen LogP contribution in [0.1, 0.15) is 19.3 Å². The predicted octanol–water partition coefficient (Wildman–Crippen LogP) is 6.53. The highest BCUT2D eigenvalue weighted by Gasteiger charge is 2.46. The lowest BCUT2D eigenvalue weighted by Crippen LogP contribution is -2.43. The number of rotatable bonds is 7. The monoisotopic (exact) mass is 685 g/mol. The van der Waals surface area contributed by atoms with E-state index < -0.39 is 30.4 Å². The number of thiophene rings is 1. The van der Waals surface area contributed by atoms with E-state index in [1.807, 2.05) is 0 Å². The Labute approximate surface area is 244 Å². The average molecular weight is 685 g/mol. The van der Waals surface area contributed by atoms with Gasteiger partial charge in [0.05, 0.1) is 30.7 Å². The number of aromatic nitrogens is 2. The standard InChI is InChI=1S/C27H24F4IN5O2S/c1-12-8-27(5-2-6-37(27)10-12)11-39-26-35-22-19(25(36-26)34-9-16(29)30)23(38)21(32)18(20(22)31)13-3-4-15(28)24-14(13)7-17(33)40-24/h3-4,7,16,38H,1-2,5-6,8-11,33H2,(H,34,35,36)/t27-/m0/s1. The van der Waals surface area contributed by atoms with E-state index in [-0.39, 0.29) is 48.7 Å². The van der Waals surface area contributed by atoms with Crippen LogP contribution in [0.15, 0.2) is 30.4 Å². The van der Waals surface area contributed by atoms with Gasteiger partial charge in [0.25, 0.3) is 6.43 Å². The van der Waals surface area contributed by atoms with Crippen LogP contribution in [0.25, 0.3) is 32.1 Å². The fourth-order valence-electron chi connectivity index (χ4n) is 5.84. The Morgan fingerprint density at radius 2 is 2.10 bits per heavy atom. The van der Waals surface area contributed by atoms with Crippen LogP contribution < -0.4 is 15.8 Å². The minimum atomic E-state index is -2.73. The molecule has 2 saturated heterocycles. The molecule has 0 unspecified atom stereocenters. The van der Waals surface area contributed by atoms with Crippen molar-refractivity contribution in [1.29, 1.82) is 0 Å². The predicted molar refractivity (Wildman–Crippen MR) is 156 cm³/mol. The molecule has 2 aliphatic rings. The summed E-state index contributed by atoms with van der Waals surface area (Å²) in [5, 5.41) is 14.3. The maximum Gasteiger partial charge on any atom is 0.319 e. The average Bonchev–Trinajstić information content (AvgIpc) is 3.57. The maximum atomic E-state index is 16.4. The number of nitrogens with one attached hydrogen (secondary N) is 1. The Hall–Kier alpha value is -2.91. The Kier molecular flexibility index (Phi) is 6.94. The summed E-state index contributed by atoms with van der Waals surface area (Å²) in [6, 6.07) is 3.95. The number of anilines is 2. The first-order valence-corrected chi connectivity index (χ1v) is 14.4. The minimum absolute atomic E-state index is 0.0227. The molecule has 1 atom stereocenters. The molecule has 0 amide bonds. The molecule has 2 aromatic carbocycles. The number of phenolic OH excluding ortho intramolecular Hbond substituents is 1. The lowest BCUT2D eigenvalue weighted by atomic mass is 9.94. The molecule has 0 saturated carbocycles. The van der Waals surface area contributed by atoms with Crippen LogP contribution in [-0.2, 0) is 0 Å². The molecule has 2 fully saturated rings. The third-order valence-corrected chi connectivity index (χ3v) is 9.56. The van der Waals surface area contributed by atoms with E-state index in [9.17, 15) is 18.3 Å². The number of alkyl halides is 2. The highest BCUT2D eigenvalue weighted by molar-refractivity contribution is 14.1. The first-order valence-electron chi connectivity index (χ1n) is 12.5. The lowest BCUT2D eigenvalue weighted by Gasteiger charge is -2.30. The van der Waals surface area contributed by atoms with Crippen molar-refractivity contribution in [2.45, 2.75) is 31.2 Å². The van der Waals surface area contributed by atoms with Crippen molar-refractivity contribution in [3.63, 3.8) is 0 Å². The molecule has 6 rings (SSSR count). The second-order valence-corrected chi connectivity index (χ2v) is 12.3. The molecular weight excluding hydrogens is 661 g/mol. The van der Waals surface area contributed by atoms with Gasteiger partial charge in [-0.1, -0.05) is 18.2 Å². The number of ether oxygens (including phenoxy) is 1. The molecule has 13 heteroatoms. The first-order chi connectivity index (χ1) is 19.1. The summed E-state index contributed by atoms with van der Waals surface area (Å²) in [4.78, 5) is 10.9. The van der Waals surface area contributed by atoms with E-state index in [0.29, 0.717) is 16.0 Å². The summed E-state index contributed by atoms with van der Waals surface area (Å²) in [6.07, 6.45) is -0.0942. The summed E-state index contributed by atoms with van der Waals surface area (Å²) in [5.74, 6) is -1.92. The van der Waals surface area contributed by atoms with Crippen molar-refractivity contribution >= 4 is 65.7 Å². The number of nitrogen functional groups attached to an aromatic ring is 1. The van der Waals surface area contributed by atoms with Crippen molar-refractivity contribution in [1.82, 2.24) is 14.9 Å². The number of hydrogen-bond acceptors (Lipinski definition) is 8. The molecule has 2 aromatic heterocycles. The number of hydrogen-bond donors (Lipinski definition) is 3. The lowest BCUT2D eigenvalue weighted by molar-refractivity contribution is 0.108. The van der Waals surface area contributed by atoms with E-state index in [2.05, 4.69) is 26.8 Å². The quantitative estimate of drug-likeness (QED) is 0.116. The Morgan fingerprint density at radius 1 is 1.30 bits per heavy atom. The van der Waals surface area contributed by atoms with Gasteiger partial charge in [-0.25, -0.2) is 17.6 Å². The van der Waals surface area contributed by atoms with Crippen molar-refractivity contribution in [3.05, 3.63) is 45.6 Å². The van der Waals surface area contributed by atoms with Gasteiger partial charge < -0.3 is 20.9 Å². The van der Waals surface area contributed by atoms with Gasteiger partial charge in [-0.2, -0.15) is 9.97 Å². The molecule has 4 N–H and O–H groups in total. The fourth-order valence-corrected chi connectivity index (χ4v) is 7.50. The number of fused-ring (bicyclic) bond motifs is 3. The summed E-state index contributed by atoms with van der Waals surface area (Å²) < 4.78 is 63.6. The molecule has 2 aliphatic heterocycles. The fraction of sp³-hybridized carbons (Fsp3) is 0.333. The van der Waals surface area contributed by atoms with E-state index in [1.165, 1.54) is 12.1 Å². The van der Waals surface area contributed by atoms with Gasteiger partial charge in [-0.15, -0.1) is 11.3 Å². The van der Waals surface area contributed by atoms with Gasteiger partial charge in [0, 0.05) is 17.5 Å². The Bertz CT molecular complexity index is 1680. The smallest absolute Gasteiger partial charge is 0.319 e. The SMILES string of the molecule is C=C1CN2CCC[C@@]2(COc2nc(NCC(F)F)c3c(O)c(I)c(-c4ccc(F)c5sc(N)cc45)c(F)c3n2)C1. The van der Waals surface area contributed by atoms with Crippen LogP contribution in [0.2, 0.25) is 0 Å². The molecule has 0 spiro atoms. The van der Waals surface area contributed by atoms with Crippen molar-refractivity contribution in [3.8, 4) is 22.9 Å². The van der Waals surface area contributed by atoms with Crippen LogP contribution in [0.5, 0.6) is 11.8 Å². The van der Waals surface area contributed by atoms with E-state index in [1.54, 1.807) is 28.7 Å². The van der Waals surface area contributed by atoms with Crippen molar-refractivity contribution in [2.75, 3.05) is 37.3 Å². The number of benzene rings is 2. The van der Waals surface area contributed by atoms with Gasteiger partial charge in [0.1, 0.15) is 29.5 Å². The molecule has 0 radical (unpaired) electrons. The van der Waals surface area contributed by atoms with E-state index in [0.717, 1.165) is 49.3 Å². The van der Waals surface area contributed by atoms with Crippen LogP contribution in [0.4, 0.5) is 28.4 Å². The third-order valence-electron chi connectivity index (χ3n) is 7.53. The van der Waals surface area contributed by atoms with Gasteiger partial charge in [-0.05, 0) is 66.1 Å². The molecule has 0 aliphatic carbocycles. The number of nitrogens with two attached hydrogens (primary N) is 1. The number of nitrogens with zero attached hydrogens (tertiary/aromatic N) is 3. The molecule has 40 heavy (non-hydrogen) atoms. The summed E-state index contributed by atoms with van der Waals surface area (Å²) in [7, 11) is 0. The van der Waals surface area contributed by atoms with Gasteiger partial charge >= 0.3 is 6.01 Å². The first kappa shape index (κ1) is 27.3. The van der Waals surface area contributed by atoms with Gasteiger partial charge in [-0.3, -0.25) is 4.90 Å². The third kappa shape index (κ3) is 4.51. The second-order valence-electron chi connectivity index (χ2n) is 10.2. The van der Waals surface area contributed by atoms with Gasteiger partial charge in [0.15, 0.2) is 5.82 Å². The van der Waals surface area contributed by atoms with Gasteiger partial charge in [0.2, 0.25) is 0 Å². The normalized spacial score (nSPS) is 19.3. The number of aromatic hydroxyl groups is 1. The molecule has 7 nitrogen and oxygen atoms in total. The molecule has 0 bridgehead atoms. The number of phenols is 1. The highest BCUT2D eigenvalue weighted by Crippen LogP contribution is 2.47. The van der Waals surface area contributed by atoms with Crippen molar-refractivity contribution < 1.29 is 27.4 Å². The zero-order chi connectivity index (χ0) is 28.3. The van der Waals surface area contributed by atoms with Crippen LogP contribution in [0, 0.1) is 15.2 Å². The zero-order valence-corrected chi connectivity index (χ0v) is 24.0. The summed E-state index contributed by atoms with van der Waals surface area (Å²) >= 11 is 2.79. The van der Waals surface area contributed by atoms with Crippen molar-refractivity contribution in [2.24, 2.45) is 0 Å². The summed E-state index contributed by atoms with van der Waals surface area (Å²) in [6.45, 7) is 5.22. The van der Waals surface area contributed by atoms with E-state index in [4.69, 9.17) is 10.5 Å². The zero-order valence-electron chi connectivity index (χ0n) is 21.0. The highest BCUT2D eigenvalue weighted by atomic mass is 127. The Morgan fingerprint density at radius 3 is 2.88 bits per heavy atom. The largest absolute Gasteiger partial charge is 0.506 e. The molecule has 4 heterocycles. The molecular formula is C27H24F4IN5O2S.